The van der Waals surface area contributed by atoms with E-state index in [0.717, 1.165) is 25.2 Å². The standard InChI is InChI=1S/C21H25N3O2/c1-16(25)22-19-11-9-18(10-12-19)21(26)23-20(15-24-13-5-6-14-24)17-7-3-2-4-8-17/h2-4,7-12,20H,5-6,13-15H2,1H3,(H,22,25)(H,23,26). The second-order valence-corrected chi connectivity index (χ2v) is 6.70. The van der Waals surface area contributed by atoms with Crippen molar-refractivity contribution < 1.29 is 9.59 Å². The lowest BCUT2D eigenvalue weighted by atomic mass is 10.1. The summed E-state index contributed by atoms with van der Waals surface area (Å²) >= 11 is 0. The molecule has 0 saturated carbocycles. The van der Waals surface area contributed by atoms with Crippen LogP contribution in [0.4, 0.5) is 5.69 Å². The predicted octanol–water partition coefficient (Wildman–Crippen LogP) is 3.21. The predicted molar refractivity (Wildman–Crippen MR) is 103 cm³/mol. The summed E-state index contributed by atoms with van der Waals surface area (Å²) in [4.78, 5) is 26.2. The van der Waals surface area contributed by atoms with Gasteiger partial charge in [-0.05, 0) is 55.8 Å². The molecule has 2 aromatic carbocycles. The van der Waals surface area contributed by atoms with Crippen molar-refractivity contribution >= 4 is 17.5 Å². The first-order chi connectivity index (χ1) is 12.6. The Morgan fingerprint density at radius 2 is 1.65 bits per heavy atom. The van der Waals surface area contributed by atoms with E-state index in [1.807, 2.05) is 18.2 Å². The normalized spacial score (nSPS) is 15.4. The molecule has 1 heterocycles. The molecule has 1 aliphatic heterocycles. The van der Waals surface area contributed by atoms with Gasteiger partial charge in [-0.1, -0.05) is 30.3 Å². The smallest absolute Gasteiger partial charge is 0.251 e. The van der Waals surface area contributed by atoms with Gasteiger partial charge in [0.25, 0.3) is 5.91 Å². The Morgan fingerprint density at radius 3 is 2.27 bits per heavy atom. The highest BCUT2D eigenvalue weighted by atomic mass is 16.2. The first kappa shape index (κ1) is 18.1. The largest absolute Gasteiger partial charge is 0.344 e. The maximum atomic E-state index is 12.7. The van der Waals surface area contributed by atoms with Crippen LogP contribution in [0.5, 0.6) is 0 Å². The van der Waals surface area contributed by atoms with E-state index in [2.05, 4.69) is 27.7 Å². The Hall–Kier alpha value is -2.66. The number of anilines is 1. The molecule has 1 aliphatic rings. The molecular weight excluding hydrogens is 326 g/mol. The van der Waals surface area contributed by atoms with Gasteiger partial charge in [-0.3, -0.25) is 9.59 Å². The maximum absolute atomic E-state index is 12.7. The number of hydrogen-bond acceptors (Lipinski definition) is 3. The third kappa shape index (κ3) is 4.92. The molecule has 1 fully saturated rings. The van der Waals surface area contributed by atoms with Crippen LogP contribution in [-0.4, -0.2) is 36.3 Å². The van der Waals surface area contributed by atoms with Gasteiger partial charge in [-0.2, -0.15) is 0 Å². The van der Waals surface area contributed by atoms with Crippen LogP contribution >= 0.6 is 0 Å². The van der Waals surface area contributed by atoms with Crippen LogP contribution in [0.3, 0.4) is 0 Å². The molecule has 3 rings (SSSR count). The summed E-state index contributed by atoms with van der Waals surface area (Å²) in [6.07, 6.45) is 2.44. The molecule has 1 atom stereocenters. The summed E-state index contributed by atoms with van der Waals surface area (Å²) in [5.74, 6) is -0.232. The van der Waals surface area contributed by atoms with Gasteiger partial charge in [0.1, 0.15) is 0 Å². The van der Waals surface area contributed by atoms with Crippen LogP contribution in [-0.2, 0) is 4.79 Å². The summed E-state index contributed by atoms with van der Waals surface area (Å²) in [6.45, 7) is 4.46. The lowest BCUT2D eigenvalue weighted by molar-refractivity contribution is -0.114. The minimum absolute atomic E-state index is 0.0446. The zero-order valence-corrected chi connectivity index (χ0v) is 15.1. The molecule has 5 nitrogen and oxygen atoms in total. The monoisotopic (exact) mass is 351 g/mol. The van der Waals surface area contributed by atoms with E-state index < -0.39 is 0 Å². The molecule has 0 spiro atoms. The van der Waals surface area contributed by atoms with E-state index in [-0.39, 0.29) is 17.9 Å². The van der Waals surface area contributed by atoms with E-state index in [0.29, 0.717) is 11.3 Å². The lowest BCUT2D eigenvalue weighted by Gasteiger charge is -2.25. The van der Waals surface area contributed by atoms with Crippen LogP contribution in [0.1, 0.15) is 41.7 Å². The Labute approximate surface area is 154 Å². The van der Waals surface area contributed by atoms with Crippen LogP contribution < -0.4 is 10.6 Å². The van der Waals surface area contributed by atoms with Crippen molar-refractivity contribution in [3.8, 4) is 0 Å². The second-order valence-electron chi connectivity index (χ2n) is 6.70. The fourth-order valence-corrected chi connectivity index (χ4v) is 3.29. The lowest BCUT2D eigenvalue weighted by Crippen LogP contribution is -2.37. The molecular formula is C21H25N3O2. The molecule has 1 saturated heterocycles. The Kier molecular flexibility index (Phi) is 6.02. The first-order valence-corrected chi connectivity index (χ1v) is 9.07. The molecule has 5 heteroatoms. The molecule has 2 N–H and O–H groups in total. The van der Waals surface area contributed by atoms with Crippen LogP contribution in [0.15, 0.2) is 54.6 Å². The van der Waals surface area contributed by atoms with Crippen molar-refractivity contribution in [2.45, 2.75) is 25.8 Å². The quantitative estimate of drug-likeness (QED) is 0.840. The Balaban J connectivity index is 1.70. The molecule has 0 bridgehead atoms. The number of amides is 2. The number of benzene rings is 2. The zero-order chi connectivity index (χ0) is 18.4. The Morgan fingerprint density at radius 1 is 1.00 bits per heavy atom. The molecule has 26 heavy (non-hydrogen) atoms. The highest BCUT2D eigenvalue weighted by molar-refractivity contribution is 5.95. The van der Waals surface area contributed by atoms with Crippen molar-refractivity contribution in [2.24, 2.45) is 0 Å². The van der Waals surface area contributed by atoms with Gasteiger partial charge in [0.05, 0.1) is 6.04 Å². The first-order valence-electron chi connectivity index (χ1n) is 9.07. The van der Waals surface area contributed by atoms with E-state index in [1.54, 1.807) is 24.3 Å². The average Bonchev–Trinajstić information content (AvgIpc) is 3.15. The summed E-state index contributed by atoms with van der Waals surface area (Å²) in [5, 5.41) is 5.88. The van der Waals surface area contributed by atoms with Crippen molar-refractivity contribution in [3.05, 3.63) is 65.7 Å². The number of likely N-dealkylation sites (tertiary alicyclic amines) is 1. The van der Waals surface area contributed by atoms with Gasteiger partial charge in [0, 0.05) is 24.7 Å². The van der Waals surface area contributed by atoms with Crippen molar-refractivity contribution in [1.29, 1.82) is 0 Å². The summed E-state index contributed by atoms with van der Waals surface area (Å²) < 4.78 is 0. The Bertz CT molecular complexity index is 738. The number of carbonyl (C=O) groups excluding carboxylic acids is 2. The molecule has 2 aromatic rings. The SMILES string of the molecule is CC(=O)Nc1ccc(C(=O)NC(CN2CCCC2)c2ccccc2)cc1. The summed E-state index contributed by atoms with van der Waals surface area (Å²) in [5.41, 5.74) is 2.38. The summed E-state index contributed by atoms with van der Waals surface area (Å²) in [6, 6.07) is 17.0. The fraction of sp³-hybridized carbons (Fsp3) is 0.333. The summed E-state index contributed by atoms with van der Waals surface area (Å²) in [7, 11) is 0. The average molecular weight is 351 g/mol. The van der Waals surface area contributed by atoms with Crippen molar-refractivity contribution in [3.63, 3.8) is 0 Å². The van der Waals surface area contributed by atoms with Crippen LogP contribution in [0, 0.1) is 0 Å². The highest BCUT2D eigenvalue weighted by Crippen LogP contribution is 2.19. The van der Waals surface area contributed by atoms with Gasteiger partial charge in [0.15, 0.2) is 0 Å². The van der Waals surface area contributed by atoms with E-state index >= 15 is 0 Å². The molecule has 136 valence electrons. The molecule has 0 aromatic heterocycles. The third-order valence-electron chi connectivity index (χ3n) is 4.61. The van der Waals surface area contributed by atoms with Crippen molar-refractivity contribution in [2.75, 3.05) is 25.0 Å². The topological polar surface area (TPSA) is 61.4 Å². The van der Waals surface area contributed by atoms with Gasteiger partial charge in [-0.25, -0.2) is 0 Å². The number of rotatable bonds is 6. The van der Waals surface area contributed by atoms with Gasteiger partial charge in [-0.15, -0.1) is 0 Å². The number of nitrogens with one attached hydrogen (secondary N) is 2. The maximum Gasteiger partial charge on any atom is 0.251 e. The molecule has 0 radical (unpaired) electrons. The van der Waals surface area contributed by atoms with E-state index in [9.17, 15) is 9.59 Å². The fourth-order valence-electron chi connectivity index (χ4n) is 3.29. The molecule has 2 amide bonds. The molecule has 0 aliphatic carbocycles. The number of carbonyl (C=O) groups is 2. The van der Waals surface area contributed by atoms with Gasteiger partial charge in [0.2, 0.25) is 5.91 Å². The zero-order valence-electron chi connectivity index (χ0n) is 15.1. The van der Waals surface area contributed by atoms with E-state index in [4.69, 9.17) is 0 Å². The minimum Gasteiger partial charge on any atom is -0.344 e. The van der Waals surface area contributed by atoms with Crippen LogP contribution in [0.25, 0.3) is 0 Å². The van der Waals surface area contributed by atoms with Crippen LogP contribution in [0.2, 0.25) is 0 Å². The number of hydrogen-bond donors (Lipinski definition) is 2. The van der Waals surface area contributed by atoms with Crippen molar-refractivity contribution in [1.82, 2.24) is 10.2 Å². The third-order valence-corrected chi connectivity index (χ3v) is 4.61. The minimum atomic E-state index is -0.128. The van der Waals surface area contributed by atoms with Gasteiger partial charge < -0.3 is 15.5 Å². The second kappa shape index (κ2) is 8.63. The molecule has 1 unspecified atom stereocenters. The highest BCUT2D eigenvalue weighted by Gasteiger charge is 2.21. The number of nitrogens with zero attached hydrogens (tertiary/aromatic N) is 1. The van der Waals surface area contributed by atoms with Gasteiger partial charge >= 0.3 is 0 Å². The van der Waals surface area contributed by atoms with E-state index in [1.165, 1.54) is 19.8 Å².